The molecule has 19 heavy (non-hydrogen) atoms. The molecule has 2 aromatic rings. The number of halogens is 2. The van der Waals surface area contributed by atoms with Gasteiger partial charge in [0.05, 0.1) is 15.7 Å². The normalized spacial score (nSPS) is 11.2. The molecule has 0 atom stereocenters. The van der Waals surface area contributed by atoms with Gasteiger partial charge in [0.2, 0.25) is 0 Å². The lowest BCUT2D eigenvalue weighted by molar-refractivity contribution is 1.22. The van der Waals surface area contributed by atoms with Gasteiger partial charge in [-0.25, -0.2) is 0 Å². The summed E-state index contributed by atoms with van der Waals surface area (Å²) in [7, 11) is 0. The van der Waals surface area contributed by atoms with Crippen LogP contribution in [0.2, 0.25) is 10.0 Å². The smallest absolute Gasteiger partial charge is 0.110 e. The van der Waals surface area contributed by atoms with Crippen LogP contribution in [0.15, 0.2) is 40.6 Å². The van der Waals surface area contributed by atoms with Gasteiger partial charge < -0.3 is 5.73 Å². The van der Waals surface area contributed by atoms with Crippen LogP contribution >= 0.6 is 23.2 Å². The van der Waals surface area contributed by atoms with Gasteiger partial charge in [-0.2, -0.15) is 0 Å². The van der Waals surface area contributed by atoms with Crippen molar-refractivity contribution in [1.82, 2.24) is 0 Å². The minimum absolute atomic E-state index is 0.425. The first kappa shape index (κ1) is 13.8. The van der Waals surface area contributed by atoms with Crippen LogP contribution < -0.4 is 5.73 Å². The maximum atomic E-state index is 6.14. The number of benzene rings is 2. The minimum Gasteiger partial charge on any atom is -0.396 e. The highest BCUT2D eigenvalue weighted by Crippen LogP contribution is 2.34. The molecule has 98 valence electrons. The summed E-state index contributed by atoms with van der Waals surface area (Å²) in [5.41, 5.74) is 9.33. The Morgan fingerprint density at radius 3 is 2.21 bits per heavy atom. The maximum Gasteiger partial charge on any atom is 0.110 e. The van der Waals surface area contributed by atoms with Crippen LogP contribution in [0.3, 0.4) is 0 Å². The Balaban J connectivity index is 2.38. The predicted octanol–water partition coefficient (Wildman–Crippen LogP) is 5.61. The van der Waals surface area contributed by atoms with Gasteiger partial charge in [0.1, 0.15) is 11.4 Å². The number of azo groups is 1. The average Bonchev–Trinajstić information content (AvgIpc) is 2.40. The molecule has 0 spiro atoms. The Labute approximate surface area is 122 Å². The molecule has 0 fully saturated rings. The summed E-state index contributed by atoms with van der Waals surface area (Å²) < 4.78 is 0. The average molecular weight is 294 g/mol. The Hall–Kier alpha value is -1.58. The lowest BCUT2D eigenvalue weighted by atomic mass is 10.2. The summed E-state index contributed by atoms with van der Waals surface area (Å²) in [4.78, 5) is 0. The first-order valence-corrected chi connectivity index (χ1v) is 6.47. The van der Waals surface area contributed by atoms with Gasteiger partial charge in [0.25, 0.3) is 0 Å². The van der Waals surface area contributed by atoms with Gasteiger partial charge in [0, 0.05) is 0 Å². The summed E-state index contributed by atoms with van der Waals surface area (Å²) >= 11 is 12.2. The van der Waals surface area contributed by atoms with Crippen molar-refractivity contribution >= 4 is 40.3 Å². The van der Waals surface area contributed by atoms with E-state index in [9.17, 15) is 0 Å². The van der Waals surface area contributed by atoms with Gasteiger partial charge in [-0.3, -0.25) is 0 Å². The first-order valence-electron chi connectivity index (χ1n) is 5.72. The number of nitrogens with zero attached hydrogens (tertiary/aromatic N) is 2. The Kier molecular flexibility index (Phi) is 4.08. The SMILES string of the molecule is Cc1cccc(/N=N/c2ccc(C)c(Cl)c2N)c1Cl. The molecule has 0 aromatic heterocycles. The van der Waals surface area contributed by atoms with Crippen LogP contribution in [-0.2, 0) is 0 Å². The molecule has 0 heterocycles. The number of nitrogens with two attached hydrogens (primary N) is 1. The zero-order chi connectivity index (χ0) is 14.0. The second-order valence-electron chi connectivity index (χ2n) is 4.24. The molecule has 0 amide bonds. The fraction of sp³-hybridized carbons (Fsp3) is 0.143. The van der Waals surface area contributed by atoms with Crippen LogP contribution in [0.1, 0.15) is 11.1 Å². The zero-order valence-electron chi connectivity index (χ0n) is 10.6. The molecule has 0 saturated heterocycles. The molecule has 0 bridgehead atoms. The van der Waals surface area contributed by atoms with E-state index in [0.29, 0.717) is 27.1 Å². The standard InChI is InChI=1S/C14H13Cl2N3/c1-8-4-3-5-10(12(8)15)18-19-11-7-6-9(2)13(16)14(11)17/h3-7H,17H2,1-2H3/b19-18+. The van der Waals surface area contributed by atoms with Crippen LogP contribution in [-0.4, -0.2) is 0 Å². The van der Waals surface area contributed by atoms with Crippen molar-refractivity contribution in [2.24, 2.45) is 10.2 Å². The number of nitrogen functional groups attached to an aromatic ring is 1. The molecule has 5 heteroatoms. The van der Waals surface area contributed by atoms with Gasteiger partial charge >= 0.3 is 0 Å². The maximum absolute atomic E-state index is 6.14. The molecule has 0 radical (unpaired) electrons. The van der Waals surface area contributed by atoms with Crippen molar-refractivity contribution in [2.75, 3.05) is 5.73 Å². The van der Waals surface area contributed by atoms with E-state index in [4.69, 9.17) is 28.9 Å². The number of aryl methyl sites for hydroxylation is 2. The van der Waals surface area contributed by atoms with Gasteiger partial charge in [0.15, 0.2) is 0 Å². The van der Waals surface area contributed by atoms with Crippen molar-refractivity contribution < 1.29 is 0 Å². The van der Waals surface area contributed by atoms with Crippen LogP contribution in [0.5, 0.6) is 0 Å². The third kappa shape index (κ3) is 2.88. The van der Waals surface area contributed by atoms with E-state index in [0.717, 1.165) is 11.1 Å². The van der Waals surface area contributed by atoms with Crippen molar-refractivity contribution in [3.63, 3.8) is 0 Å². The molecule has 0 aliphatic carbocycles. The van der Waals surface area contributed by atoms with Crippen LogP contribution in [0.25, 0.3) is 0 Å². The molecule has 2 aromatic carbocycles. The molecule has 2 rings (SSSR count). The lowest BCUT2D eigenvalue weighted by Crippen LogP contribution is -1.88. The fourth-order valence-electron chi connectivity index (χ4n) is 1.60. The molecule has 0 aliphatic rings. The largest absolute Gasteiger partial charge is 0.396 e. The van der Waals surface area contributed by atoms with Crippen molar-refractivity contribution in [2.45, 2.75) is 13.8 Å². The van der Waals surface area contributed by atoms with Crippen molar-refractivity contribution in [3.8, 4) is 0 Å². The van der Waals surface area contributed by atoms with Crippen molar-refractivity contribution in [1.29, 1.82) is 0 Å². The zero-order valence-corrected chi connectivity index (χ0v) is 12.1. The number of rotatable bonds is 2. The summed E-state index contributed by atoms with van der Waals surface area (Å²) in [6.45, 7) is 3.80. The molecular formula is C14H13Cl2N3. The summed E-state index contributed by atoms with van der Waals surface area (Å²) in [6.07, 6.45) is 0. The van der Waals surface area contributed by atoms with Crippen molar-refractivity contribution in [3.05, 3.63) is 51.5 Å². The lowest BCUT2D eigenvalue weighted by Gasteiger charge is -2.05. The molecule has 3 nitrogen and oxygen atoms in total. The second kappa shape index (κ2) is 5.59. The molecule has 0 unspecified atom stereocenters. The highest BCUT2D eigenvalue weighted by molar-refractivity contribution is 6.34. The third-order valence-corrected chi connectivity index (χ3v) is 3.78. The second-order valence-corrected chi connectivity index (χ2v) is 4.99. The van der Waals surface area contributed by atoms with Gasteiger partial charge in [-0.05, 0) is 37.1 Å². The molecule has 2 N–H and O–H groups in total. The van der Waals surface area contributed by atoms with E-state index in [1.54, 1.807) is 12.1 Å². The van der Waals surface area contributed by atoms with E-state index in [1.165, 1.54) is 0 Å². The molecular weight excluding hydrogens is 281 g/mol. The quantitative estimate of drug-likeness (QED) is 0.568. The monoisotopic (exact) mass is 293 g/mol. The summed E-state index contributed by atoms with van der Waals surface area (Å²) in [5, 5.41) is 9.33. The Morgan fingerprint density at radius 2 is 1.47 bits per heavy atom. The fourth-order valence-corrected chi connectivity index (χ4v) is 1.92. The summed E-state index contributed by atoms with van der Waals surface area (Å²) in [6, 6.07) is 9.22. The van der Waals surface area contributed by atoms with E-state index < -0.39 is 0 Å². The number of hydrogen-bond donors (Lipinski definition) is 1. The van der Waals surface area contributed by atoms with E-state index in [1.807, 2.05) is 32.0 Å². The number of anilines is 1. The highest BCUT2D eigenvalue weighted by Gasteiger charge is 2.06. The van der Waals surface area contributed by atoms with E-state index in [-0.39, 0.29) is 0 Å². The highest BCUT2D eigenvalue weighted by atomic mass is 35.5. The van der Waals surface area contributed by atoms with Crippen LogP contribution in [0.4, 0.5) is 17.1 Å². The van der Waals surface area contributed by atoms with E-state index >= 15 is 0 Å². The summed E-state index contributed by atoms with van der Waals surface area (Å²) in [5.74, 6) is 0. The third-order valence-electron chi connectivity index (χ3n) is 2.79. The molecule has 0 saturated carbocycles. The van der Waals surface area contributed by atoms with E-state index in [2.05, 4.69) is 10.2 Å². The Bertz CT molecular complexity index is 651. The molecule has 0 aliphatic heterocycles. The van der Waals surface area contributed by atoms with Crippen LogP contribution in [0, 0.1) is 13.8 Å². The first-order chi connectivity index (χ1) is 9.00. The minimum atomic E-state index is 0.425. The van der Waals surface area contributed by atoms with Gasteiger partial charge in [-0.1, -0.05) is 41.4 Å². The predicted molar refractivity (Wildman–Crippen MR) is 81.0 cm³/mol. The van der Waals surface area contributed by atoms with Gasteiger partial charge in [-0.15, -0.1) is 10.2 Å². The topological polar surface area (TPSA) is 50.7 Å². The number of hydrogen-bond acceptors (Lipinski definition) is 3. The Morgan fingerprint density at radius 1 is 0.842 bits per heavy atom.